The quantitative estimate of drug-likeness (QED) is 0.604. The average Bonchev–Trinajstić information content (AvgIpc) is 3.17. The van der Waals surface area contributed by atoms with E-state index in [9.17, 15) is 13.2 Å². The first kappa shape index (κ1) is 21.2. The Morgan fingerprint density at radius 2 is 1.79 bits per heavy atom. The molecule has 29 heavy (non-hydrogen) atoms. The highest BCUT2D eigenvalue weighted by molar-refractivity contribution is 7.89. The Morgan fingerprint density at radius 1 is 1.10 bits per heavy atom. The molecule has 0 aliphatic carbocycles. The van der Waals surface area contributed by atoms with Crippen LogP contribution in [0, 0.1) is 6.92 Å². The minimum Gasteiger partial charge on any atom is -0.298 e. The standard InChI is InChI=1S/C21H23N3O3S2/c1-4-24(5-2)29(26,27)18-8-6-7-17(13-18)20(25)23-21-22-19(14-28-21)16-11-9-15(3)10-12-16/h6-14H,4-5H2,1-3H3,(H,22,23,25). The Bertz CT molecular complexity index is 1100. The Labute approximate surface area is 175 Å². The summed E-state index contributed by atoms with van der Waals surface area (Å²) >= 11 is 1.32. The number of hydrogen-bond donors (Lipinski definition) is 1. The Morgan fingerprint density at radius 3 is 2.45 bits per heavy atom. The summed E-state index contributed by atoms with van der Waals surface area (Å²) in [5.74, 6) is -0.397. The summed E-state index contributed by atoms with van der Waals surface area (Å²) in [5.41, 5.74) is 3.19. The number of carbonyl (C=O) groups is 1. The van der Waals surface area contributed by atoms with Crippen LogP contribution in [0.1, 0.15) is 29.8 Å². The van der Waals surface area contributed by atoms with E-state index in [4.69, 9.17) is 0 Å². The monoisotopic (exact) mass is 429 g/mol. The topological polar surface area (TPSA) is 79.4 Å². The van der Waals surface area contributed by atoms with Crippen molar-refractivity contribution in [3.8, 4) is 11.3 Å². The van der Waals surface area contributed by atoms with Crippen molar-refractivity contribution in [1.29, 1.82) is 0 Å². The van der Waals surface area contributed by atoms with E-state index in [0.717, 1.165) is 16.8 Å². The first-order chi connectivity index (χ1) is 13.8. The van der Waals surface area contributed by atoms with Gasteiger partial charge in [-0.05, 0) is 25.1 Å². The van der Waals surface area contributed by atoms with Crippen molar-refractivity contribution in [2.75, 3.05) is 18.4 Å². The minimum atomic E-state index is -3.63. The predicted octanol–water partition coefficient (Wildman–Crippen LogP) is 4.40. The number of carbonyl (C=O) groups excluding carboxylic acids is 1. The van der Waals surface area contributed by atoms with Gasteiger partial charge in [-0.25, -0.2) is 13.4 Å². The van der Waals surface area contributed by atoms with Crippen molar-refractivity contribution >= 4 is 32.4 Å². The zero-order chi connectivity index (χ0) is 21.0. The van der Waals surface area contributed by atoms with Crippen molar-refractivity contribution in [1.82, 2.24) is 9.29 Å². The van der Waals surface area contributed by atoms with E-state index in [-0.39, 0.29) is 10.5 Å². The number of rotatable bonds is 7. The summed E-state index contributed by atoms with van der Waals surface area (Å²) in [6.45, 7) is 6.33. The van der Waals surface area contributed by atoms with Crippen molar-refractivity contribution < 1.29 is 13.2 Å². The third kappa shape index (κ3) is 4.72. The highest BCUT2D eigenvalue weighted by Gasteiger charge is 2.22. The fourth-order valence-corrected chi connectivity index (χ4v) is 5.09. The summed E-state index contributed by atoms with van der Waals surface area (Å²) in [6, 6.07) is 14.1. The maximum Gasteiger partial charge on any atom is 0.257 e. The Balaban J connectivity index is 1.79. The normalized spacial score (nSPS) is 11.6. The van der Waals surface area contributed by atoms with Gasteiger partial charge in [-0.1, -0.05) is 49.7 Å². The number of nitrogens with zero attached hydrogens (tertiary/aromatic N) is 2. The highest BCUT2D eigenvalue weighted by Crippen LogP contribution is 2.26. The number of benzene rings is 2. The van der Waals surface area contributed by atoms with Crippen molar-refractivity contribution in [3.63, 3.8) is 0 Å². The average molecular weight is 430 g/mol. The number of hydrogen-bond acceptors (Lipinski definition) is 5. The lowest BCUT2D eigenvalue weighted by atomic mass is 10.1. The summed E-state index contributed by atoms with van der Waals surface area (Å²) in [4.78, 5) is 17.2. The molecule has 1 aromatic heterocycles. The van der Waals surface area contributed by atoms with Crippen LogP contribution in [0.3, 0.4) is 0 Å². The van der Waals surface area contributed by atoms with Gasteiger partial charge in [0.25, 0.3) is 5.91 Å². The number of amides is 1. The molecule has 0 aliphatic heterocycles. The number of thiazole rings is 1. The molecule has 0 unspecified atom stereocenters. The molecule has 6 nitrogen and oxygen atoms in total. The first-order valence-corrected chi connectivity index (χ1v) is 11.6. The van der Waals surface area contributed by atoms with E-state index in [0.29, 0.717) is 18.2 Å². The van der Waals surface area contributed by atoms with Crippen LogP contribution < -0.4 is 5.32 Å². The van der Waals surface area contributed by atoms with Crippen LogP contribution >= 0.6 is 11.3 Å². The molecule has 8 heteroatoms. The van der Waals surface area contributed by atoms with Gasteiger partial charge in [-0.2, -0.15) is 4.31 Å². The van der Waals surface area contributed by atoms with Crippen LogP contribution in [0.15, 0.2) is 58.8 Å². The van der Waals surface area contributed by atoms with Crippen LogP contribution in [-0.2, 0) is 10.0 Å². The molecule has 1 amide bonds. The van der Waals surface area contributed by atoms with Crippen LogP contribution in [0.5, 0.6) is 0 Å². The van der Waals surface area contributed by atoms with Gasteiger partial charge in [-0.3, -0.25) is 10.1 Å². The summed E-state index contributed by atoms with van der Waals surface area (Å²) in [6.07, 6.45) is 0. The number of sulfonamides is 1. The SMILES string of the molecule is CCN(CC)S(=O)(=O)c1cccc(C(=O)Nc2nc(-c3ccc(C)cc3)cs2)c1. The summed E-state index contributed by atoms with van der Waals surface area (Å²) in [7, 11) is -3.63. The van der Waals surface area contributed by atoms with Gasteiger partial charge < -0.3 is 0 Å². The third-order valence-electron chi connectivity index (χ3n) is 4.51. The van der Waals surface area contributed by atoms with Gasteiger partial charge in [0.1, 0.15) is 0 Å². The zero-order valence-electron chi connectivity index (χ0n) is 16.5. The van der Waals surface area contributed by atoms with Crippen molar-refractivity contribution in [3.05, 3.63) is 65.0 Å². The number of anilines is 1. The van der Waals surface area contributed by atoms with E-state index >= 15 is 0 Å². The lowest BCUT2D eigenvalue weighted by Crippen LogP contribution is -2.30. The molecular weight excluding hydrogens is 406 g/mol. The molecule has 0 saturated carbocycles. The second-order valence-electron chi connectivity index (χ2n) is 6.48. The molecule has 0 bridgehead atoms. The van der Waals surface area contributed by atoms with Gasteiger partial charge in [0.15, 0.2) is 5.13 Å². The first-order valence-electron chi connectivity index (χ1n) is 9.29. The fraction of sp³-hybridized carbons (Fsp3) is 0.238. The highest BCUT2D eigenvalue weighted by atomic mass is 32.2. The fourth-order valence-electron chi connectivity index (χ4n) is 2.87. The molecule has 0 saturated heterocycles. The van der Waals surface area contributed by atoms with E-state index < -0.39 is 15.9 Å². The zero-order valence-corrected chi connectivity index (χ0v) is 18.2. The third-order valence-corrected chi connectivity index (χ3v) is 7.32. The second-order valence-corrected chi connectivity index (χ2v) is 9.27. The number of nitrogens with one attached hydrogen (secondary N) is 1. The predicted molar refractivity (Wildman–Crippen MR) is 117 cm³/mol. The van der Waals surface area contributed by atoms with Crippen molar-refractivity contribution in [2.24, 2.45) is 0 Å². The number of aryl methyl sites for hydroxylation is 1. The van der Waals surface area contributed by atoms with Gasteiger partial charge in [-0.15, -0.1) is 11.3 Å². The van der Waals surface area contributed by atoms with Crippen LogP contribution in [0.4, 0.5) is 5.13 Å². The summed E-state index contributed by atoms with van der Waals surface area (Å²) in [5, 5.41) is 5.09. The molecular formula is C21H23N3O3S2. The van der Waals surface area contributed by atoms with E-state index in [1.807, 2.05) is 36.6 Å². The van der Waals surface area contributed by atoms with Crippen molar-refractivity contribution in [2.45, 2.75) is 25.7 Å². The number of aromatic nitrogens is 1. The lowest BCUT2D eigenvalue weighted by Gasteiger charge is -2.18. The molecule has 152 valence electrons. The maximum atomic E-state index is 12.7. The molecule has 0 radical (unpaired) electrons. The Kier molecular flexibility index (Phi) is 6.46. The molecule has 3 aromatic rings. The molecule has 3 rings (SSSR count). The smallest absolute Gasteiger partial charge is 0.257 e. The minimum absolute atomic E-state index is 0.105. The van der Waals surface area contributed by atoms with Gasteiger partial charge in [0.2, 0.25) is 10.0 Å². The molecule has 0 atom stereocenters. The van der Waals surface area contributed by atoms with E-state index in [1.165, 1.54) is 27.8 Å². The van der Waals surface area contributed by atoms with Gasteiger partial charge >= 0.3 is 0 Å². The van der Waals surface area contributed by atoms with Crippen LogP contribution in [0.2, 0.25) is 0 Å². The molecule has 0 spiro atoms. The van der Waals surface area contributed by atoms with Crippen LogP contribution in [-0.4, -0.2) is 36.7 Å². The molecule has 1 N–H and O–H groups in total. The Hall–Kier alpha value is -2.55. The lowest BCUT2D eigenvalue weighted by molar-refractivity contribution is 0.102. The molecule has 0 fully saturated rings. The molecule has 0 aliphatic rings. The second kappa shape index (κ2) is 8.86. The van der Waals surface area contributed by atoms with Gasteiger partial charge in [0.05, 0.1) is 10.6 Å². The van der Waals surface area contributed by atoms with Crippen LogP contribution in [0.25, 0.3) is 11.3 Å². The molecule has 1 heterocycles. The largest absolute Gasteiger partial charge is 0.298 e. The summed E-state index contributed by atoms with van der Waals surface area (Å²) < 4.78 is 26.8. The van der Waals surface area contributed by atoms with Gasteiger partial charge in [0, 0.05) is 29.6 Å². The van der Waals surface area contributed by atoms with E-state index in [1.54, 1.807) is 26.0 Å². The maximum absolute atomic E-state index is 12.7. The molecule has 2 aromatic carbocycles. The van der Waals surface area contributed by atoms with E-state index in [2.05, 4.69) is 10.3 Å².